The molecule has 0 aromatic heterocycles. The van der Waals surface area contributed by atoms with Crippen molar-refractivity contribution in [1.82, 2.24) is 9.62 Å². The fourth-order valence-corrected chi connectivity index (χ4v) is 3.42. The lowest BCUT2D eigenvalue weighted by atomic mass is 10.2. The lowest BCUT2D eigenvalue weighted by Gasteiger charge is -2.12. The van der Waals surface area contributed by atoms with E-state index in [4.69, 9.17) is 0 Å². The van der Waals surface area contributed by atoms with Crippen molar-refractivity contribution in [3.05, 3.63) is 35.6 Å². The number of hydrogen-bond acceptors (Lipinski definition) is 3. The summed E-state index contributed by atoms with van der Waals surface area (Å²) in [4.78, 5) is 12.8. The maximum absolute atomic E-state index is 12.7. The second-order valence-electron chi connectivity index (χ2n) is 4.68. The van der Waals surface area contributed by atoms with Crippen LogP contribution in [0.4, 0.5) is 4.39 Å². The molecule has 1 atom stereocenters. The van der Waals surface area contributed by atoms with Gasteiger partial charge in [-0.1, -0.05) is 12.1 Å². The maximum Gasteiger partial charge on any atom is 0.224 e. The van der Waals surface area contributed by atoms with Gasteiger partial charge in [-0.05, 0) is 17.7 Å². The molecule has 1 aromatic carbocycles. The van der Waals surface area contributed by atoms with Crippen molar-refractivity contribution in [2.45, 2.75) is 18.2 Å². The molecule has 1 N–H and O–H groups in total. The summed E-state index contributed by atoms with van der Waals surface area (Å²) < 4.78 is 39.1. The molecule has 104 valence electrons. The van der Waals surface area contributed by atoms with Gasteiger partial charge in [0, 0.05) is 26.1 Å². The molecule has 1 aliphatic heterocycles. The minimum absolute atomic E-state index is 0.0746. The van der Waals surface area contributed by atoms with Gasteiger partial charge in [0.05, 0.1) is 5.75 Å². The third kappa shape index (κ3) is 3.74. The second kappa shape index (κ2) is 5.26. The van der Waals surface area contributed by atoms with Gasteiger partial charge in [0.1, 0.15) is 5.82 Å². The van der Waals surface area contributed by atoms with E-state index in [1.165, 1.54) is 29.2 Å². The smallest absolute Gasteiger partial charge is 0.224 e. The van der Waals surface area contributed by atoms with E-state index in [-0.39, 0.29) is 24.1 Å². The minimum atomic E-state index is -3.53. The van der Waals surface area contributed by atoms with Gasteiger partial charge in [0.2, 0.25) is 15.9 Å². The topological polar surface area (TPSA) is 66.5 Å². The number of nitrogens with one attached hydrogen (secondary N) is 1. The van der Waals surface area contributed by atoms with E-state index < -0.39 is 15.8 Å². The third-order valence-corrected chi connectivity index (χ3v) is 4.36. The van der Waals surface area contributed by atoms with Crippen molar-refractivity contribution >= 4 is 15.9 Å². The van der Waals surface area contributed by atoms with E-state index in [0.29, 0.717) is 12.1 Å². The van der Waals surface area contributed by atoms with Gasteiger partial charge in [-0.3, -0.25) is 4.79 Å². The first-order chi connectivity index (χ1) is 8.85. The summed E-state index contributed by atoms with van der Waals surface area (Å²) in [6.07, 6.45) is 0.180. The minimum Gasteiger partial charge on any atom is -0.344 e. The Hall–Kier alpha value is -1.47. The Balaban J connectivity index is 1.99. The van der Waals surface area contributed by atoms with Crippen LogP contribution < -0.4 is 4.72 Å². The summed E-state index contributed by atoms with van der Waals surface area (Å²) in [7, 11) is -1.89. The normalized spacial score (nSPS) is 20.0. The van der Waals surface area contributed by atoms with Gasteiger partial charge in [-0.25, -0.2) is 17.5 Å². The van der Waals surface area contributed by atoms with Crippen LogP contribution >= 0.6 is 0 Å². The number of benzene rings is 1. The van der Waals surface area contributed by atoms with E-state index in [1.807, 2.05) is 0 Å². The molecule has 5 nitrogen and oxygen atoms in total. The van der Waals surface area contributed by atoms with Crippen LogP contribution in [0.25, 0.3) is 0 Å². The number of likely N-dealkylation sites (N-methyl/N-ethyl adjacent to an activating group) is 1. The Labute approximate surface area is 111 Å². The van der Waals surface area contributed by atoms with Gasteiger partial charge in [-0.15, -0.1) is 0 Å². The zero-order valence-corrected chi connectivity index (χ0v) is 11.3. The molecule has 0 bridgehead atoms. The molecule has 0 aliphatic carbocycles. The van der Waals surface area contributed by atoms with E-state index in [0.717, 1.165) is 0 Å². The highest BCUT2D eigenvalue weighted by molar-refractivity contribution is 7.88. The first-order valence-electron chi connectivity index (χ1n) is 5.84. The highest BCUT2D eigenvalue weighted by Crippen LogP contribution is 2.12. The molecule has 1 saturated heterocycles. The lowest BCUT2D eigenvalue weighted by molar-refractivity contribution is -0.126. The Kier molecular flexibility index (Phi) is 3.86. The quantitative estimate of drug-likeness (QED) is 0.875. The molecule has 7 heteroatoms. The molecule has 1 amide bonds. The average molecular weight is 286 g/mol. The van der Waals surface area contributed by atoms with Gasteiger partial charge >= 0.3 is 0 Å². The van der Waals surface area contributed by atoms with Crippen LogP contribution in [0.5, 0.6) is 0 Å². The standard InChI is InChI=1S/C12H15FN2O3S/c1-15-7-11(6-12(15)16)14-19(17,18)8-9-2-4-10(13)5-3-9/h2-5,11,14H,6-8H2,1H3. The summed E-state index contributed by atoms with van der Waals surface area (Å²) in [6, 6.07) is 4.92. The Morgan fingerprint density at radius 2 is 2.00 bits per heavy atom. The zero-order valence-electron chi connectivity index (χ0n) is 10.5. The maximum atomic E-state index is 12.7. The molecule has 0 radical (unpaired) electrons. The van der Waals surface area contributed by atoms with Crippen LogP contribution in [0, 0.1) is 5.82 Å². The second-order valence-corrected chi connectivity index (χ2v) is 6.43. The van der Waals surface area contributed by atoms with Crippen LogP contribution in [-0.2, 0) is 20.6 Å². The highest BCUT2D eigenvalue weighted by Gasteiger charge is 2.29. The molecular weight excluding hydrogens is 271 g/mol. The molecule has 1 aromatic rings. The van der Waals surface area contributed by atoms with Crippen LogP contribution in [0.1, 0.15) is 12.0 Å². The number of halogens is 1. The monoisotopic (exact) mass is 286 g/mol. The van der Waals surface area contributed by atoms with Crippen LogP contribution in [0.15, 0.2) is 24.3 Å². The fourth-order valence-electron chi connectivity index (χ4n) is 2.04. The molecular formula is C12H15FN2O3S. The van der Waals surface area contributed by atoms with Crippen LogP contribution in [0.2, 0.25) is 0 Å². The fraction of sp³-hybridized carbons (Fsp3) is 0.417. The molecule has 0 spiro atoms. The SMILES string of the molecule is CN1CC(NS(=O)(=O)Cc2ccc(F)cc2)CC1=O. The van der Waals surface area contributed by atoms with Gasteiger partial charge in [-0.2, -0.15) is 0 Å². The van der Waals surface area contributed by atoms with Gasteiger partial charge < -0.3 is 4.90 Å². The largest absolute Gasteiger partial charge is 0.344 e. The number of likely N-dealkylation sites (tertiary alicyclic amines) is 1. The van der Waals surface area contributed by atoms with Crippen LogP contribution in [0.3, 0.4) is 0 Å². The summed E-state index contributed by atoms with van der Waals surface area (Å²) >= 11 is 0. The highest BCUT2D eigenvalue weighted by atomic mass is 32.2. The summed E-state index contributed by atoms with van der Waals surface area (Å²) in [5, 5.41) is 0. The molecule has 0 saturated carbocycles. The first-order valence-corrected chi connectivity index (χ1v) is 7.49. The number of rotatable bonds is 4. The predicted octanol–water partition coefficient (Wildman–Crippen LogP) is 0.476. The molecule has 2 rings (SSSR count). The number of carbonyl (C=O) groups is 1. The van der Waals surface area contributed by atoms with Gasteiger partial charge in [0.15, 0.2) is 0 Å². The number of sulfonamides is 1. The van der Waals surface area contributed by atoms with E-state index >= 15 is 0 Å². The molecule has 1 unspecified atom stereocenters. The third-order valence-electron chi connectivity index (χ3n) is 2.96. The van der Waals surface area contributed by atoms with Crippen molar-refractivity contribution in [2.75, 3.05) is 13.6 Å². The van der Waals surface area contributed by atoms with Crippen molar-refractivity contribution in [1.29, 1.82) is 0 Å². The average Bonchev–Trinajstić information content (AvgIpc) is 2.60. The predicted molar refractivity (Wildman–Crippen MR) is 68.2 cm³/mol. The Morgan fingerprint density at radius 3 is 2.53 bits per heavy atom. The molecule has 1 aliphatic rings. The number of carbonyl (C=O) groups excluding carboxylic acids is 1. The van der Waals surface area contributed by atoms with Crippen molar-refractivity contribution in [2.24, 2.45) is 0 Å². The molecule has 1 heterocycles. The van der Waals surface area contributed by atoms with Crippen molar-refractivity contribution in [3.63, 3.8) is 0 Å². The van der Waals surface area contributed by atoms with Crippen molar-refractivity contribution < 1.29 is 17.6 Å². The van der Waals surface area contributed by atoms with E-state index in [2.05, 4.69) is 4.72 Å². The van der Waals surface area contributed by atoms with Crippen LogP contribution in [-0.4, -0.2) is 38.9 Å². The number of hydrogen-bond donors (Lipinski definition) is 1. The molecule has 19 heavy (non-hydrogen) atoms. The number of nitrogens with zero attached hydrogens (tertiary/aromatic N) is 1. The lowest BCUT2D eigenvalue weighted by Crippen LogP contribution is -2.37. The molecule has 1 fully saturated rings. The Morgan fingerprint density at radius 1 is 1.37 bits per heavy atom. The summed E-state index contributed by atoms with van der Waals surface area (Å²) in [5.41, 5.74) is 0.506. The van der Waals surface area contributed by atoms with Gasteiger partial charge in [0.25, 0.3) is 0 Å². The zero-order chi connectivity index (χ0) is 14.0. The summed E-state index contributed by atoms with van der Waals surface area (Å²) in [6.45, 7) is 0.376. The van der Waals surface area contributed by atoms with Crippen molar-refractivity contribution in [3.8, 4) is 0 Å². The van der Waals surface area contributed by atoms with E-state index in [9.17, 15) is 17.6 Å². The van der Waals surface area contributed by atoms with E-state index in [1.54, 1.807) is 7.05 Å². The number of amides is 1. The Bertz CT molecular complexity index is 571. The summed E-state index contributed by atoms with van der Waals surface area (Å²) in [5.74, 6) is -0.701. The first kappa shape index (κ1) is 14.0.